The number of hydrogen-bond acceptors (Lipinski definition) is 4. The molecule has 0 saturated carbocycles. The summed E-state index contributed by atoms with van der Waals surface area (Å²) in [6.07, 6.45) is 0. The zero-order valence-corrected chi connectivity index (χ0v) is 11.1. The summed E-state index contributed by atoms with van der Waals surface area (Å²) in [5, 5.41) is 9.17. The van der Waals surface area contributed by atoms with Gasteiger partial charge in [0.05, 0.1) is 11.1 Å². The molecule has 0 aromatic heterocycles. The lowest BCUT2D eigenvalue weighted by Gasteiger charge is -2.11. The standard InChI is InChI=1S/C15H10O4S/c16-13(17)11-7-3-4-8-12(11)20-15-10-6-2-1-5-9(10)14(18)19-15/h1-8,15H,(H,16,17). The van der Waals surface area contributed by atoms with Crippen molar-refractivity contribution in [2.45, 2.75) is 10.3 Å². The highest BCUT2D eigenvalue weighted by Gasteiger charge is 2.32. The number of carbonyl (C=O) groups excluding carboxylic acids is 1. The second kappa shape index (κ2) is 5.02. The van der Waals surface area contributed by atoms with Crippen LogP contribution < -0.4 is 0 Å². The Bertz CT molecular complexity index is 696. The summed E-state index contributed by atoms with van der Waals surface area (Å²) in [5.74, 6) is -1.36. The molecule has 1 atom stereocenters. The van der Waals surface area contributed by atoms with E-state index in [1.807, 2.05) is 12.1 Å². The summed E-state index contributed by atoms with van der Waals surface area (Å²) < 4.78 is 5.30. The minimum Gasteiger partial charge on any atom is -0.478 e. The number of esters is 1. The molecule has 0 saturated heterocycles. The van der Waals surface area contributed by atoms with E-state index in [1.165, 1.54) is 17.8 Å². The Morgan fingerprint density at radius 2 is 1.80 bits per heavy atom. The van der Waals surface area contributed by atoms with Crippen molar-refractivity contribution in [2.75, 3.05) is 0 Å². The second-order valence-corrected chi connectivity index (χ2v) is 5.35. The van der Waals surface area contributed by atoms with E-state index < -0.39 is 11.4 Å². The zero-order chi connectivity index (χ0) is 14.1. The number of aromatic carboxylic acids is 1. The molecule has 1 heterocycles. The first-order valence-electron chi connectivity index (χ1n) is 5.95. The van der Waals surface area contributed by atoms with Crippen LogP contribution in [-0.4, -0.2) is 17.0 Å². The van der Waals surface area contributed by atoms with Crippen LogP contribution in [0.4, 0.5) is 0 Å². The molecule has 0 fully saturated rings. The van der Waals surface area contributed by atoms with Crippen molar-refractivity contribution >= 4 is 23.7 Å². The molecule has 5 heteroatoms. The molecule has 0 bridgehead atoms. The van der Waals surface area contributed by atoms with Crippen LogP contribution in [0.15, 0.2) is 53.4 Å². The summed E-state index contributed by atoms with van der Waals surface area (Å²) in [7, 11) is 0. The van der Waals surface area contributed by atoms with Gasteiger partial charge in [0.2, 0.25) is 0 Å². The molecule has 0 amide bonds. The lowest BCUT2D eigenvalue weighted by molar-refractivity contribution is 0.0522. The molecule has 1 aliphatic heterocycles. The molecule has 1 unspecified atom stereocenters. The Kier molecular flexibility index (Phi) is 3.20. The fourth-order valence-corrected chi connectivity index (χ4v) is 3.20. The third-order valence-corrected chi connectivity index (χ3v) is 4.17. The highest BCUT2D eigenvalue weighted by atomic mass is 32.2. The smallest absolute Gasteiger partial charge is 0.340 e. The number of carbonyl (C=O) groups is 2. The summed E-state index contributed by atoms with van der Waals surface area (Å²) in [5.41, 5.74) is 1.03. The predicted octanol–water partition coefficient (Wildman–Crippen LogP) is 3.35. The molecule has 0 aliphatic carbocycles. The Hall–Kier alpha value is -2.27. The monoisotopic (exact) mass is 286 g/mol. The maximum Gasteiger partial charge on any atom is 0.340 e. The molecule has 0 spiro atoms. The molecular formula is C15H10O4S. The number of carboxylic acids is 1. The predicted molar refractivity (Wildman–Crippen MR) is 73.9 cm³/mol. The Morgan fingerprint density at radius 1 is 1.10 bits per heavy atom. The molecular weight excluding hydrogens is 276 g/mol. The van der Waals surface area contributed by atoms with E-state index >= 15 is 0 Å². The van der Waals surface area contributed by atoms with Crippen LogP contribution in [0.1, 0.15) is 31.7 Å². The number of carboxylic acid groups (broad SMARTS) is 1. The summed E-state index contributed by atoms with van der Waals surface area (Å²) >= 11 is 1.23. The normalized spacial score (nSPS) is 16.6. The number of ether oxygens (including phenoxy) is 1. The van der Waals surface area contributed by atoms with Gasteiger partial charge >= 0.3 is 11.9 Å². The summed E-state index contributed by atoms with van der Waals surface area (Å²) in [6, 6.07) is 13.8. The molecule has 20 heavy (non-hydrogen) atoms. The van der Waals surface area contributed by atoms with Gasteiger partial charge in [-0.1, -0.05) is 42.1 Å². The van der Waals surface area contributed by atoms with E-state index in [0.717, 1.165) is 5.56 Å². The van der Waals surface area contributed by atoms with Crippen LogP contribution in [-0.2, 0) is 4.74 Å². The van der Waals surface area contributed by atoms with Crippen molar-refractivity contribution in [1.82, 2.24) is 0 Å². The van der Waals surface area contributed by atoms with Crippen LogP contribution in [0.2, 0.25) is 0 Å². The van der Waals surface area contributed by atoms with Crippen molar-refractivity contribution in [2.24, 2.45) is 0 Å². The Morgan fingerprint density at radius 3 is 2.60 bits per heavy atom. The SMILES string of the molecule is O=C(O)c1ccccc1SC1OC(=O)c2ccccc21. The van der Waals surface area contributed by atoms with Crippen LogP contribution in [0, 0.1) is 0 Å². The lowest BCUT2D eigenvalue weighted by Crippen LogP contribution is -2.00. The van der Waals surface area contributed by atoms with Gasteiger partial charge < -0.3 is 9.84 Å². The van der Waals surface area contributed by atoms with Crippen molar-refractivity contribution in [3.05, 3.63) is 65.2 Å². The van der Waals surface area contributed by atoms with Crippen LogP contribution in [0.3, 0.4) is 0 Å². The van der Waals surface area contributed by atoms with E-state index in [2.05, 4.69) is 0 Å². The molecule has 2 aromatic rings. The Balaban J connectivity index is 1.94. The van der Waals surface area contributed by atoms with Gasteiger partial charge in [-0.05, 0) is 18.2 Å². The summed E-state index contributed by atoms with van der Waals surface area (Å²) in [6.45, 7) is 0. The molecule has 3 rings (SSSR count). The van der Waals surface area contributed by atoms with E-state index in [4.69, 9.17) is 9.84 Å². The van der Waals surface area contributed by atoms with Crippen LogP contribution >= 0.6 is 11.8 Å². The van der Waals surface area contributed by atoms with Crippen LogP contribution in [0.25, 0.3) is 0 Å². The van der Waals surface area contributed by atoms with Crippen molar-refractivity contribution < 1.29 is 19.4 Å². The number of fused-ring (bicyclic) bond motifs is 1. The number of cyclic esters (lactones) is 1. The highest BCUT2D eigenvalue weighted by Crippen LogP contribution is 2.43. The number of thioether (sulfide) groups is 1. The van der Waals surface area contributed by atoms with Crippen LogP contribution in [0.5, 0.6) is 0 Å². The molecule has 0 radical (unpaired) electrons. The third-order valence-electron chi connectivity index (χ3n) is 3.00. The van der Waals surface area contributed by atoms with Gasteiger partial charge in [-0.3, -0.25) is 0 Å². The number of benzene rings is 2. The average Bonchev–Trinajstić information content (AvgIpc) is 2.76. The van der Waals surface area contributed by atoms with E-state index in [1.54, 1.807) is 30.3 Å². The number of hydrogen-bond donors (Lipinski definition) is 1. The lowest BCUT2D eigenvalue weighted by atomic mass is 10.1. The largest absolute Gasteiger partial charge is 0.478 e. The fraction of sp³-hybridized carbons (Fsp3) is 0.0667. The molecule has 2 aromatic carbocycles. The van der Waals surface area contributed by atoms with Gasteiger partial charge in [-0.15, -0.1) is 0 Å². The maximum absolute atomic E-state index is 11.7. The minimum atomic E-state index is -0.995. The first kappa shape index (κ1) is 12.7. The van der Waals surface area contributed by atoms with Gasteiger partial charge in [0.25, 0.3) is 0 Å². The van der Waals surface area contributed by atoms with Crippen molar-refractivity contribution in [3.63, 3.8) is 0 Å². The molecule has 1 aliphatic rings. The molecule has 4 nitrogen and oxygen atoms in total. The van der Waals surface area contributed by atoms with E-state index in [9.17, 15) is 9.59 Å². The third kappa shape index (κ3) is 2.16. The zero-order valence-electron chi connectivity index (χ0n) is 10.3. The molecule has 1 N–H and O–H groups in total. The topological polar surface area (TPSA) is 63.6 Å². The minimum absolute atomic E-state index is 0.206. The van der Waals surface area contributed by atoms with Gasteiger partial charge in [0.15, 0.2) is 5.44 Å². The first-order valence-corrected chi connectivity index (χ1v) is 6.83. The van der Waals surface area contributed by atoms with E-state index in [0.29, 0.717) is 10.5 Å². The molecule has 100 valence electrons. The highest BCUT2D eigenvalue weighted by molar-refractivity contribution is 7.99. The average molecular weight is 286 g/mol. The van der Waals surface area contributed by atoms with Gasteiger partial charge in [0.1, 0.15) is 0 Å². The van der Waals surface area contributed by atoms with Gasteiger partial charge in [0, 0.05) is 10.5 Å². The number of rotatable bonds is 3. The van der Waals surface area contributed by atoms with Gasteiger partial charge in [-0.25, -0.2) is 9.59 Å². The second-order valence-electron chi connectivity index (χ2n) is 4.24. The quantitative estimate of drug-likeness (QED) is 0.877. The van der Waals surface area contributed by atoms with E-state index in [-0.39, 0.29) is 11.5 Å². The summed E-state index contributed by atoms with van der Waals surface area (Å²) in [4.78, 5) is 23.5. The van der Waals surface area contributed by atoms with Crippen molar-refractivity contribution in [3.8, 4) is 0 Å². The fourth-order valence-electron chi connectivity index (χ4n) is 2.06. The van der Waals surface area contributed by atoms with Gasteiger partial charge in [-0.2, -0.15) is 0 Å². The maximum atomic E-state index is 11.7. The van der Waals surface area contributed by atoms with Crippen molar-refractivity contribution in [1.29, 1.82) is 0 Å². The first-order chi connectivity index (χ1) is 9.66. The Labute approximate surface area is 119 Å².